The Morgan fingerprint density at radius 2 is 2.25 bits per heavy atom. The number of fused-ring (bicyclic) bond motifs is 1. The van der Waals surface area contributed by atoms with Gasteiger partial charge in [0.05, 0.1) is 29.1 Å². The number of hydrogen-bond donors (Lipinski definition) is 1. The molecule has 3 rings (SSSR count). The van der Waals surface area contributed by atoms with Gasteiger partial charge in [-0.15, -0.1) is 0 Å². The van der Waals surface area contributed by atoms with Gasteiger partial charge in [0.2, 0.25) is 0 Å². The minimum Gasteiger partial charge on any atom is -0.329 e. The van der Waals surface area contributed by atoms with Gasteiger partial charge in [0.1, 0.15) is 0 Å². The standard InChI is InChI=1S/C10H9N5S/c1-14-6-7(4-12-14)15-9-2-3-11-5-8(9)13-10(15)16/h2-6H,1H3,(H,13,16). The van der Waals surface area contributed by atoms with Crippen molar-refractivity contribution in [2.75, 3.05) is 0 Å². The molecule has 0 amide bonds. The normalized spacial score (nSPS) is 11.1. The number of pyridine rings is 1. The van der Waals surface area contributed by atoms with Crippen LogP contribution in [-0.4, -0.2) is 24.3 Å². The third-order valence-electron chi connectivity index (χ3n) is 2.43. The zero-order valence-corrected chi connectivity index (χ0v) is 9.40. The van der Waals surface area contributed by atoms with Crippen LogP contribution in [0.2, 0.25) is 0 Å². The second-order valence-corrected chi connectivity index (χ2v) is 3.92. The Kier molecular flexibility index (Phi) is 1.90. The van der Waals surface area contributed by atoms with Crippen LogP contribution < -0.4 is 0 Å². The van der Waals surface area contributed by atoms with E-state index < -0.39 is 0 Å². The van der Waals surface area contributed by atoms with E-state index in [1.54, 1.807) is 23.3 Å². The topological polar surface area (TPSA) is 51.4 Å². The van der Waals surface area contributed by atoms with Crippen molar-refractivity contribution in [3.05, 3.63) is 35.6 Å². The van der Waals surface area contributed by atoms with Crippen molar-refractivity contribution < 1.29 is 0 Å². The molecule has 0 spiro atoms. The van der Waals surface area contributed by atoms with Crippen molar-refractivity contribution in [2.45, 2.75) is 0 Å². The first kappa shape index (κ1) is 9.29. The largest absolute Gasteiger partial charge is 0.329 e. The first-order chi connectivity index (χ1) is 7.75. The molecule has 0 aliphatic rings. The minimum absolute atomic E-state index is 0.649. The molecule has 3 aromatic heterocycles. The summed E-state index contributed by atoms with van der Waals surface area (Å²) >= 11 is 5.29. The number of hydrogen-bond acceptors (Lipinski definition) is 3. The fourth-order valence-corrected chi connectivity index (χ4v) is 2.05. The van der Waals surface area contributed by atoms with Crippen molar-refractivity contribution in [1.29, 1.82) is 0 Å². The Morgan fingerprint density at radius 3 is 3.00 bits per heavy atom. The van der Waals surface area contributed by atoms with Crippen molar-refractivity contribution in [3.63, 3.8) is 0 Å². The maximum absolute atomic E-state index is 5.29. The predicted octanol–water partition coefficient (Wildman–Crippen LogP) is 1.82. The molecule has 3 aromatic rings. The fraction of sp³-hybridized carbons (Fsp3) is 0.100. The molecule has 16 heavy (non-hydrogen) atoms. The van der Waals surface area contributed by atoms with Gasteiger partial charge in [-0.25, -0.2) is 0 Å². The zero-order chi connectivity index (χ0) is 11.1. The molecule has 5 nitrogen and oxygen atoms in total. The molecule has 80 valence electrons. The number of imidazole rings is 1. The van der Waals surface area contributed by atoms with E-state index in [9.17, 15) is 0 Å². The van der Waals surface area contributed by atoms with E-state index >= 15 is 0 Å². The van der Waals surface area contributed by atoms with Crippen molar-refractivity contribution in [1.82, 2.24) is 24.3 Å². The zero-order valence-electron chi connectivity index (χ0n) is 8.58. The third kappa shape index (κ3) is 1.27. The first-order valence-electron chi connectivity index (χ1n) is 4.79. The maximum Gasteiger partial charge on any atom is 0.182 e. The van der Waals surface area contributed by atoms with Gasteiger partial charge in [0.15, 0.2) is 4.77 Å². The smallest absolute Gasteiger partial charge is 0.182 e. The molecule has 0 aromatic carbocycles. The van der Waals surface area contributed by atoms with E-state index in [0.717, 1.165) is 16.7 Å². The highest BCUT2D eigenvalue weighted by Gasteiger charge is 2.07. The van der Waals surface area contributed by atoms with Gasteiger partial charge in [0, 0.05) is 19.4 Å². The summed E-state index contributed by atoms with van der Waals surface area (Å²) in [5.74, 6) is 0. The Bertz CT molecular complexity index is 705. The van der Waals surface area contributed by atoms with Crippen LogP contribution in [0.15, 0.2) is 30.9 Å². The SMILES string of the molecule is Cn1cc(-n2c(=S)[nH]c3cnccc32)cn1. The molecule has 0 radical (unpaired) electrons. The predicted molar refractivity (Wildman–Crippen MR) is 63.0 cm³/mol. The van der Waals surface area contributed by atoms with Crippen LogP contribution in [0.25, 0.3) is 16.7 Å². The maximum atomic E-state index is 5.29. The lowest BCUT2D eigenvalue weighted by Gasteiger charge is -1.98. The molecular weight excluding hydrogens is 222 g/mol. The molecule has 0 bridgehead atoms. The summed E-state index contributed by atoms with van der Waals surface area (Å²) in [6, 6.07) is 1.93. The van der Waals surface area contributed by atoms with Crippen LogP contribution in [0.1, 0.15) is 0 Å². The molecule has 6 heteroatoms. The minimum atomic E-state index is 0.649. The quantitative estimate of drug-likeness (QED) is 0.650. The third-order valence-corrected chi connectivity index (χ3v) is 2.72. The molecule has 0 fully saturated rings. The molecule has 0 aliphatic carbocycles. The fourth-order valence-electron chi connectivity index (χ4n) is 1.74. The first-order valence-corrected chi connectivity index (χ1v) is 5.20. The van der Waals surface area contributed by atoms with Gasteiger partial charge in [-0.2, -0.15) is 5.10 Å². The lowest BCUT2D eigenvalue weighted by molar-refractivity contribution is 0.767. The number of aryl methyl sites for hydroxylation is 1. The Labute approximate surface area is 96.4 Å². The second-order valence-electron chi connectivity index (χ2n) is 3.53. The van der Waals surface area contributed by atoms with E-state index in [0.29, 0.717) is 4.77 Å². The summed E-state index contributed by atoms with van der Waals surface area (Å²) < 4.78 is 4.34. The van der Waals surface area contributed by atoms with Crippen molar-refractivity contribution in [2.24, 2.45) is 7.05 Å². The molecule has 0 aliphatic heterocycles. The molecule has 0 unspecified atom stereocenters. The molecule has 3 heterocycles. The number of aromatic amines is 1. The molecule has 0 saturated heterocycles. The highest BCUT2D eigenvalue weighted by molar-refractivity contribution is 7.71. The summed E-state index contributed by atoms with van der Waals surface area (Å²) in [5.41, 5.74) is 2.88. The average Bonchev–Trinajstić information content (AvgIpc) is 2.80. The number of nitrogens with one attached hydrogen (secondary N) is 1. The van der Waals surface area contributed by atoms with E-state index in [1.807, 2.05) is 23.9 Å². The molecule has 0 saturated carbocycles. The Hall–Kier alpha value is -1.95. The van der Waals surface area contributed by atoms with Gasteiger partial charge in [-0.3, -0.25) is 14.2 Å². The van der Waals surface area contributed by atoms with Crippen LogP contribution >= 0.6 is 12.2 Å². The van der Waals surface area contributed by atoms with Crippen LogP contribution in [0, 0.1) is 4.77 Å². The highest BCUT2D eigenvalue weighted by Crippen LogP contribution is 2.17. The van der Waals surface area contributed by atoms with Crippen LogP contribution in [0.4, 0.5) is 0 Å². The van der Waals surface area contributed by atoms with Gasteiger partial charge in [-0.1, -0.05) is 0 Å². The number of aromatic nitrogens is 5. The van der Waals surface area contributed by atoms with Crippen molar-refractivity contribution >= 4 is 23.3 Å². The highest BCUT2D eigenvalue weighted by atomic mass is 32.1. The van der Waals surface area contributed by atoms with Gasteiger partial charge in [0.25, 0.3) is 0 Å². The van der Waals surface area contributed by atoms with Gasteiger partial charge in [-0.05, 0) is 18.3 Å². The Morgan fingerprint density at radius 1 is 1.38 bits per heavy atom. The molecule has 1 N–H and O–H groups in total. The van der Waals surface area contributed by atoms with Crippen LogP contribution in [0.5, 0.6) is 0 Å². The van der Waals surface area contributed by atoms with Crippen molar-refractivity contribution in [3.8, 4) is 5.69 Å². The number of H-pyrrole nitrogens is 1. The number of nitrogens with zero attached hydrogens (tertiary/aromatic N) is 4. The lowest BCUT2D eigenvalue weighted by atomic mass is 10.4. The summed E-state index contributed by atoms with van der Waals surface area (Å²) in [7, 11) is 1.88. The van der Waals surface area contributed by atoms with E-state index in [-0.39, 0.29) is 0 Å². The summed E-state index contributed by atoms with van der Waals surface area (Å²) in [6.45, 7) is 0. The van der Waals surface area contributed by atoms with Crippen LogP contribution in [0.3, 0.4) is 0 Å². The van der Waals surface area contributed by atoms with Gasteiger partial charge < -0.3 is 4.98 Å². The number of rotatable bonds is 1. The monoisotopic (exact) mass is 231 g/mol. The lowest BCUT2D eigenvalue weighted by Crippen LogP contribution is -1.92. The second kappa shape index (κ2) is 3.28. The summed E-state index contributed by atoms with van der Waals surface area (Å²) in [4.78, 5) is 7.17. The summed E-state index contributed by atoms with van der Waals surface area (Å²) in [6.07, 6.45) is 7.21. The van der Waals surface area contributed by atoms with E-state index in [2.05, 4.69) is 15.1 Å². The average molecular weight is 231 g/mol. The summed E-state index contributed by atoms with van der Waals surface area (Å²) in [5, 5.41) is 4.14. The molecular formula is C10H9N5S. The molecule has 0 atom stereocenters. The Balaban J connectivity index is 2.39. The van der Waals surface area contributed by atoms with E-state index in [4.69, 9.17) is 12.2 Å². The van der Waals surface area contributed by atoms with Crippen LogP contribution in [-0.2, 0) is 7.05 Å². The van der Waals surface area contributed by atoms with E-state index in [1.165, 1.54) is 0 Å². The van der Waals surface area contributed by atoms with Gasteiger partial charge >= 0.3 is 0 Å².